The number of halogens is 3. The average Bonchev–Trinajstić information content (AvgIpc) is 3.32. The number of guanidine groups is 1. The molecule has 14 heteroatoms. The van der Waals surface area contributed by atoms with Gasteiger partial charge in [0.05, 0.1) is 10.5 Å². The van der Waals surface area contributed by atoms with Gasteiger partial charge in [0.2, 0.25) is 15.9 Å². The number of esters is 1. The Balaban J connectivity index is 1.61. The minimum atomic E-state index is -4.61. The standard InChI is InChI=1S/C27H35F3N4O5S2/c1-26(2,3)39-24(36)22(34-41(37,38)21-13-9-18(10-14-21)27(28,29)30)17-20-12-11-19(40-20)7-4-5-8-23(35)33-25-31-15-6-16-32-25/h9-14,22,34H,4-8,15-17H2,1-3H3,(H2,31,32,33,35). The first-order valence-electron chi connectivity index (χ1n) is 13.2. The molecule has 1 aliphatic heterocycles. The Morgan fingerprint density at radius 1 is 1.07 bits per heavy atom. The Bertz CT molecular complexity index is 1330. The van der Waals surface area contributed by atoms with E-state index in [0.717, 1.165) is 41.3 Å². The number of carbonyl (C=O) groups excluding carboxylic acids is 2. The van der Waals surface area contributed by atoms with Crippen LogP contribution in [0.4, 0.5) is 13.2 Å². The number of rotatable bonds is 11. The number of unbranched alkanes of at least 4 members (excludes halogenated alkanes) is 1. The van der Waals surface area contributed by atoms with Crippen LogP contribution in [0.3, 0.4) is 0 Å². The number of nitrogens with zero attached hydrogens (tertiary/aromatic N) is 1. The molecule has 0 radical (unpaired) electrons. The fourth-order valence-corrected chi connectivity index (χ4v) is 6.18. The lowest BCUT2D eigenvalue weighted by Gasteiger charge is -2.24. The Hall–Kier alpha value is -2.97. The van der Waals surface area contributed by atoms with Crippen LogP contribution in [0.1, 0.15) is 61.8 Å². The first-order valence-corrected chi connectivity index (χ1v) is 15.5. The van der Waals surface area contributed by atoms with E-state index in [9.17, 15) is 31.2 Å². The van der Waals surface area contributed by atoms with E-state index < -0.39 is 44.3 Å². The van der Waals surface area contributed by atoms with Crippen LogP contribution in [0.15, 0.2) is 46.3 Å². The van der Waals surface area contributed by atoms with Gasteiger partial charge >= 0.3 is 12.1 Å². The van der Waals surface area contributed by atoms with Crippen LogP contribution in [0, 0.1) is 0 Å². The number of thiophene rings is 1. The van der Waals surface area contributed by atoms with Gasteiger partial charge in [-0.1, -0.05) is 0 Å². The summed E-state index contributed by atoms with van der Waals surface area (Å²) in [5, 5.41) is 5.80. The van der Waals surface area contributed by atoms with Crippen LogP contribution >= 0.6 is 11.3 Å². The Morgan fingerprint density at radius 3 is 2.37 bits per heavy atom. The molecule has 0 fully saturated rings. The molecule has 1 aromatic carbocycles. The van der Waals surface area contributed by atoms with Crippen molar-refractivity contribution in [2.75, 3.05) is 13.1 Å². The number of alkyl halides is 3. The zero-order chi connectivity index (χ0) is 30.3. The number of carbonyl (C=O) groups is 2. The van der Waals surface area contributed by atoms with Crippen LogP contribution < -0.4 is 15.4 Å². The number of amides is 1. The molecular formula is C27H35F3N4O5S2. The van der Waals surface area contributed by atoms with E-state index in [4.69, 9.17) is 4.74 Å². The Labute approximate surface area is 242 Å². The summed E-state index contributed by atoms with van der Waals surface area (Å²) in [5.74, 6) is -0.394. The van der Waals surface area contributed by atoms with E-state index in [1.54, 1.807) is 26.8 Å². The summed E-state index contributed by atoms with van der Waals surface area (Å²) in [6.07, 6.45) is -1.21. The molecular weight excluding hydrogens is 581 g/mol. The number of sulfonamides is 1. The van der Waals surface area contributed by atoms with Crippen molar-refractivity contribution >= 4 is 39.2 Å². The number of hydrogen-bond donors (Lipinski definition) is 3. The number of aryl methyl sites for hydroxylation is 1. The molecule has 2 heterocycles. The van der Waals surface area contributed by atoms with Crippen LogP contribution in [0.5, 0.6) is 0 Å². The second-order valence-corrected chi connectivity index (χ2v) is 13.5. The third-order valence-corrected chi connectivity index (χ3v) is 8.49. The van der Waals surface area contributed by atoms with Gasteiger partial charge in [-0.2, -0.15) is 17.9 Å². The molecule has 0 spiro atoms. The molecule has 0 bridgehead atoms. The normalized spacial score (nSPS) is 15.0. The van der Waals surface area contributed by atoms with Crippen molar-refractivity contribution in [3.8, 4) is 0 Å². The van der Waals surface area contributed by atoms with Gasteiger partial charge in [0.15, 0.2) is 5.96 Å². The number of ether oxygens (including phenoxy) is 1. The number of benzene rings is 1. The van der Waals surface area contributed by atoms with Gasteiger partial charge in [-0.05, 0) is 82.9 Å². The molecule has 41 heavy (non-hydrogen) atoms. The summed E-state index contributed by atoms with van der Waals surface area (Å²) >= 11 is 1.41. The van der Waals surface area contributed by atoms with Gasteiger partial charge in [-0.15, -0.1) is 11.3 Å². The van der Waals surface area contributed by atoms with Gasteiger partial charge in [-0.3, -0.25) is 19.9 Å². The number of aliphatic imine (C=N–C) groups is 1. The van der Waals surface area contributed by atoms with E-state index in [1.807, 2.05) is 6.07 Å². The molecule has 3 rings (SSSR count). The van der Waals surface area contributed by atoms with Gasteiger partial charge in [0, 0.05) is 35.7 Å². The third kappa shape index (κ3) is 10.7. The van der Waals surface area contributed by atoms with Crippen LogP contribution in [-0.4, -0.2) is 51.0 Å². The van der Waals surface area contributed by atoms with Crippen LogP contribution in [0.2, 0.25) is 0 Å². The molecule has 0 saturated carbocycles. The van der Waals surface area contributed by atoms with Crippen molar-refractivity contribution in [2.24, 2.45) is 4.99 Å². The van der Waals surface area contributed by atoms with Crippen LogP contribution in [0.25, 0.3) is 0 Å². The molecule has 0 saturated heterocycles. The molecule has 9 nitrogen and oxygen atoms in total. The minimum Gasteiger partial charge on any atom is -0.459 e. The Morgan fingerprint density at radius 2 is 1.76 bits per heavy atom. The highest BCUT2D eigenvalue weighted by Crippen LogP contribution is 2.30. The van der Waals surface area contributed by atoms with Crippen molar-refractivity contribution in [3.05, 3.63) is 51.7 Å². The fourth-order valence-electron chi connectivity index (χ4n) is 3.89. The topological polar surface area (TPSA) is 126 Å². The van der Waals surface area contributed by atoms with Gasteiger partial charge in [-0.25, -0.2) is 8.42 Å². The summed E-state index contributed by atoms with van der Waals surface area (Å²) in [7, 11) is -4.34. The lowest BCUT2D eigenvalue weighted by Crippen LogP contribution is -2.45. The predicted molar refractivity (Wildman–Crippen MR) is 150 cm³/mol. The predicted octanol–water partition coefficient (Wildman–Crippen LogP) is 4.18. The summed E-state index contributed by atoms with van der Waals surface area (Å²) in [5.41, 5.74) is -1.87. The summed E-state index contributed by atoms with van der Waals surface area (Å²) in [4.78, 5) is 30.6. The summed E-state index contributed by atoms with van der Waals surface area (Å²) < 4.78 is 72.4. The highest BCUT2D eigenvalue weighted by Gasteiger charge is 2.33. The van der Waals surface area contributed by atoms with Crippen molar-refractivity contribution in [3.63, 3.8) is 0 Å². The van der Waals surface area contributed by atoms with E-state index in [1.165, 1.54) is 11.3 Å². The summed E-state index contributed by atoms with van der Waals surface area (Å²) in [6, 6.07) is 5.43. The molecule has 1 atom stereocenters. The number of nitrogens with one attached hydrogen (secondary N) is 3. The lowest BCUT2D eigenvalue weighted by atomic mass is 10.1. The van der Waals surface area contributed by atoms with Crippen molar-refractivity contribution in [1.82, 2.24) is 15.4 Å². The first-order chi connectivity index (χ1) is 19.1. The smallest absolute Gasteiger partial charge is 0.416 e. The zero-order valence-corrected chi connectivity index (χ0v) is 24.8. The van der Waals surface area contributed by atoms with Gasteiger partial charge in [0.25, 0.3) is 0 Å². The van der Waals surface area contributed by atoms with Crippen LogP contribution in [-0.2, 0) is 43.4 Å². The minimum absolute atomic E-state index is 0.00301. The molecule has 1 aliphatic rings. The molecule has 3 N–H and O–H groups in total. The molecule has 1 amide bonds. The maximum Gasteiger partial charge on any atom is 0.416 e. The first kappa shape index (κ1) is 32.5. The second-order valence-electron chi connectivity index (χ2n) is 10.6. The highest BCUT2D eigenvalue weighted by molar-refractivity contribution is 7.89. The summed E-state index contributed by atoms with van der Waals surface area (Å²) in [6.45, 7) is 6.42. The third-order valence-electron chi connectivity index (χ3n) is 5.84. The van der Waals surface area contributed by atoms with Crippen molar-refractivity contribution in [2.45, 2.75) is 82.0 Å². The van der Waals surface area contributed by atoms with E-state index in [-0.39, 0.29) is 12.3 Å². The van der Waals surface area contributed by atoms with Crippen molar-refractivity contribution in [1.29, 1.82) is 0 Å². The van der Waals surface area contributed by atoms with E-state index in [0.29, 0.717) is 43.9 Å². The second kappa shape index (κ2) is 13.8. The molecule has 2 aromatic rings. The maximum absolute atomic E-state index is 13.0. The Kier molecular flexibility index (Phi) is 11.0. The quantitative estimate of drug-likeness (QED) is 0.257. The van der Waals surface area contributed by atoms with Gasteiger partial charge in [0.1, 0.15) is 11.6 Å². The molecule has 0 aliphatic carbocycles. The van der Waals surface area contributed by atoms with Crippen molar-refractivity contribution < 1.29 is 35.9 Å². The van der Waals surface area contributed by atoms with Gasteiger partial charge < -0.3 is 10.1 Å². The highest BCUT2D eigenvalue weighted by atomic mass is 32.2. The molecule has 226 valence electrons. The fraction of sp³-hybridized carbons (Fsp3) is 0.519. The maximum atomic E-state index is 13.0. The monoisotopic (exact) mass is 616 g/mol. The number of hydrogen-bond acceptors (Lipinski definition) is 8. The molecule has 1 aromatic heterocycles. The largest absolute Gasteiger partial charge is 0.459 e. The molecule has 1 unspecified atom stereocenters. The lowest BCUT2D eigenvalue weighted by molar-refractivity contribution is -0.156. The van der Waals surface area contributed by atoms with E-state index in [2.05, 4.69) is 20.3 Å². The zero-order valence-electron chi connectivity index (χ0n) is 23.1. The average molecular weight is 617 g/mol. The SMILES string of the molecule is CC(C)(C)OC(=O)C(Cc1ccc(CCCCC(=O)NC2=NCCCN2)s1)NS(=O)(=O)c1ccc(C(F)(F)F)cc1. The van der Waals surface area contributed by atoms with E-state index >= 15 is 0 Å².